The first-order valence-electron chi connectivity index (χ1n) is 10.1. The Morgan fingerprint density at radius 2 is 1.76 bits per heavy atom. The van der Waals surface area contributed by atoms with Gasteiger partial charge in [-0.1, -0.05) is 0 Å². The average Bonchev–Trinajstić information content (AvgIpc) is 3.37. The number of methoxy groups -OCH3 is 1. The third kappa shape index (κ3) is 6.03. The quantitative estimate of drug-likeness (QED) is 0.178. The van der Waals surface area contributed by atoms with E-state index in [9.17, 15) is 10.1 Å². The molecular formula is C22H20N8O4. The van der Waals surface area contributed by atoms with Crippen molar-refractivity contribution in [1.29, 1.82) is 0 Å². The van der Waals surface area contributed by atoms with Crippen LogP contribution in [0.25, 0.3) is 0 Å². The van der Waals surface area contributed by atoms with Crippen LogP contribution >= 0.6 is 0 Å². The Kier molecular flexibility index (Phi) is 6.89. The zero-order valence-electron chi connectivity index (χ0n) is 18.0. The molecule has 3 N–H and O–H groups in total. The molecule has 0 unspecified atom stereocenters. The Morgan fingerprint density at radius 3 is 2.44 bits per heavy atom. The summed E-state index contributed by atoms with van der Waals surface area (Å²) in [5, 5.41) is 21.1. The van der Waals surface area contributed by atoms with E-state index in [0.29, 0.717) is 18.1 Å². The number of nitro benzene ring substituents is 1. The molecule has 0 bridgehead atoms. The third-order valence-corrected chi connectivity index (χ3v) is 4.46. The van der Waals surface area contributed by atoms with Crippen molar-refractivity contribution in [2.24, 2.45) is 5.10 Å². The maximum Gasteiger partial charge on any atom is 0.269 e. The highest BCUT2D eigenvalue weighted by atomic mass is 16.6. The summed E-state index contributed by atoms with van der Waals surface area (Å²) < 4.78 is 10.5. The maximum absolute atomic E-state index is 10.8. The molecule has 0 saturated heterocycles. The Hall–Kier alpha value is -5.00. The van der Waals surface area contributed by atoms with E-state index >= 15 is 0 Å². The number of anilines is 4. The lowest BCUT2D eigenvalue weighted by Crippen LogP contribution is -2.09. The molecule has 0 aliphatic carbocycles. The fraction of sp³-hybridized carbons (Fsp3) is 0.0909. The molecule has 2 aromatic heterocycles. The van der Waals surface area contributed by atoms with Crippen LogP contribution in [0.5, 0.6) is 5.75 Å². The molecule has 34 heavy (non-hydrogen) atoms. The first-order chi connectivity index (χ1) is 16.6. The minimum atomic E-state index is -0.460. The van der Waals surface area contributed by atoms with Crippen LogP contribution in [-0.2, 0) is 6.54 Å². The average molecular weight is 460 g/mol. The fourth-order valence-electron chi connectivity index (χ4n) is 2.79. The topological polar surface area (TPSA) is 153 Å². The molecule has 0 spiro atoms. The molecule has 0 radical (unpaired) electrons. The highest BCUT2D eigenvalue weighted by Crippen LogP contribution is 2.19. The summed E-state index contributed by atoms with van der Waals surface area (Å²) in [5.74, 6) is 2.22. The molecule has 2 heterocycles. The van der Waals surface area contributed by atoms with Crippen LogP contribution in [0.4, 0.5) is 29.2 Å². The van der Waals surface area contributed by atoms with Gasteiger partial charge in [0, 0.05) is 17.8 Å². The van der Waals surface area contributed by atoms with Gasteiger partial charge in [-0.3, -0.25) is 10.1 Å². The zero-order chi connectivity index (χ0) is 23.8. The molecule has 12 nitrogen and oxygen atoms in total. The number of rotatable bonds is 10. The van der Waals surface area contributed by atoms with Gasteiger partial charge in [0.15, 0.2) is 0 Å². The zero-order valence-corrected chi connectivity index (χ0v) is 18.0. The number of hydrogen-bond donors (Lipinski definition) is 3. The van der Waals surface area contributed by atoms with E-state index in [1.165, 1.54) is 18.3 Å². The largest absolute Gasteiger partial charge is 0.497 e. The summed E-state index contributed by atoms with van der Waals surface area (Å²) in [5.41, 5.74) is 4.18. The number of benzene rings is 2. The molecule has 0 aliphatic heterocycles. The second-order valence-electron chi connectivity index (χ2n) is 6.81. The van der Waals surface area contributed by atoms with Crippen molar-refractivity contribution >= 4 is 35.4 Å². The molecule has 0 aliphatic rings. The van der Waals surface area contributed by atoms with Gasteiger partial charge in [0.2, 0.25) is 17.8 Å². The van der Waals surface area contributed by atoms with Crippen molar-refractivity contribution in [3.8, 4) is 5.75 Å². The van der Waals surface area contributed by atoms with Crippen molar-refractivity contribution in [2.75, 3.05) is 23.2 Å². The smallest absolute Gasteiger partial charge is 0.269 e. The lowest BCUT2D eigenvalue weighted by Gasteiger charge is -2.10. The number of non-ortho nitro benzene ring substituents is 1. The standard InChI is InChI=1S/C22H20N8O4/c1-33-18-10-6-16(7-11-18)25-21-26-20(23-14-19-3-2-12-34-19)27-22(28-21)29-24-13-15-4-8-17(9-5-15)30(31)32/h2-13H,14H2,1H3,(H3,23,25,26,27,28,29). The number of furan rings is 1. The number of nitrogens with one attached hydrogen (secondary N) is 3. The number of nitrogens with zero attached hydrogens (tertiary/aromatic N) is 5. The Balaban J connectivity index is 1.50. The van der Waals surface area contributed by atoms with Gasteiger partial charge in [-0.15, -0.1) is 0 Å². The van der Waals surface area contributed by atoms with E-state index in [-0.39, 0.29) is 17.6 Å². The van der Waals surface area contributed by atoms with Crippen molar-refractivity contribution in [2.45, 2.75) is 6.54 Å². The van der Waals surface area contributed by atoms with Crippen LogP contribution < -0.4 is 20.8 Å². The molecule has 172 valence electrons. The number of hydrazone groups is 1. The van der Waals surface area contributed by atoms with Crippen LogP contribution in [0.15, 0.2) is 76.4 Å². The minimum absolute atomic E-state index is 0.00379. The van der Waals surface area contributed by atoms with E-state index < -0.39 is 4.92 Å². The summed E-state index contributed by atoms with van der Waals surface area (Å²) in [6.07, 6.45) is 3.08. The lowest BCUT2D eigenvalue weighted by atomic mass is 10.2. The number of hydrogen-bond acceptors (Lipinski definition) is 11. The van der Waals surface area contributed by atoms with Crippen LogP contribution in [0.3, 0.4) is 0 Å². The summed E-state index contributed by atoms with van der Waals surface area (Å²) in [6.45, 7) is 0.379. The summed E-state index contributed by atoms with van der Waals surface area (Å²) in [6, 6.07) is 16.9. The SMILES string of the molecule is COc1ccc(Nc2nc(NCc3ccco3)nc(NN=Cc3ccc([N+](=O)[O-])cc3)n2)cc1. The van der Waals surface area contributed by atoms with Crippen LogP contribution in [-0.4, -0.2) is 33.2 Å². The number of ether oxygens (including phenoxy) is 1. The van der Waals surface area contributed by atoms with Gasteiger partial charge < -0.3 is 19.8 Å². The van der Waals surface area contributed by atoms with E-state index in [0.717, 1.165) is 17.2 Å². The van der Waals surface area contributed by atoms with Crippen LogP contribution in [0.1, 0.15) is 11.3 Å². The van der Waals surface area contributed by atoms with Crippen molar-refractivity contribution in [3.63, 3.8) is 0 Å². The Bertz CT molecular complexity index is 1260. The molecular weight excluding hydrogens is 440 g/mol. The highest BCUT2D eigenvalue weighted by molar-refractivity contribution is 5.80. The Morgan fingerprint density at radius 1 is 1.03 bits per heavy atom. The molecule has 0 amide bonds. The van der Waals surface area contributed by atoms with Crippen LogP contribution in [0.2, 0.25) is 0 Å². The van der Waals surface area contributed by atoms with E-state index in [1.54, 1.807) is 31.6 Å². The normalized spacial score (nSPS) is 10.7. The van der Waals surface area contributed by atoms with Crippen LogP contribution in [0, 0.1) is 10.1 Å². The van der Waals surface area contributed by atoms with Gasteiger partial charge in [-0.05, 0) is 54.1 Å². The van der Waals surface area contributed by atoms with Gasteiger partial charge in [0.1, 0.15) is 11.5 Å². The number of nitro groups is 1. The first kappa shape index (κ1) is 22.2. The molecule has 4 rings (SSSR count). The van der Waals surface area contributed by atoms with E-state index in [2.05, 4.69) is 36.1 Å². The lowest BCUT2D eigenvalue weighted by molar-refractivity contribution is -0.384. The van der Waals surface area contributed by atoms with Gasteiger partial charge >= 0.3 is 0 Å². The molecule has 12 heteroatoms. The first-order valence-corrected chi connectivity index (χ1v) is 10.1. The monoisotopic (exact) mass is 460 g/mol. The van der Waals surface area contributed by atoms with E-state index in [4.69, 9.17) is 9.15 Å². The number of aromatic nitrogens is 3. The molecule has 0 saturated carbocycles. The predicted molar refractivity (Wildman–Crippen MR) is 126 cm³/mol. The molecule has 0 fully saturated rings. The van der Waals surface area contributed by atoms with Crippen molar-refractivity contribution in [3.05, 3.63) is 88.4 Å². The van der Waals surface area contributed by atoms with Gasteiger partial charge in [0.05, 0.1) is 31.1 Å². The summed E-state index contributed by atoms with van der Waals surface area (Å²) in [4.78, 5) is 23.4. The second kappa shape index (κ2) is 10.5. The predicted octanol–water partition coefficient (Wildman–Crippen LogP) is 4.18. The maximum atomic E-state index is 10.8. The summed E-state index contributed by atoms with van der Waals surface area (Å²) >= 11 is 0. The molecule has 2 aromatic carbocycles. The fourth-order valence-corrected chi connectivity index (χ4v) is 2.79. The highest BCUT2D eigenvalue weighted by Gasteiger charge is 2.08. The van der Waals surface area contributed by atoms with Crippen molar-refractivity contribution in [1.82, 2.24) is 15.0 Å². The Labute approximate surface area is 193 Å². The van der Waals surface area contributed by atoms with E-state index in [1.807, 2.05) is 30.3 Å². The molecule has 0 atom stereocenters. The van der Waals surface area contributed by atoms with Gasteiger partial charge in [-0.25, -0.2) is 5.43 Å². The molecule has 4 aromatic rings. The second-order valence-corrected chi connectivity index (χ2v) is 6.81. The summed E-state index contributed by atoms with van der Waals surface area (Å²) in [7, 11) is 1.60. The minimum Gasteiger partial charge on any atom is -0.497 e. The third-order valence-electron chi connectivity index (χ3n) is 4.46. The van der Waals surface area contributed by atoms with Crippen molar-refractivity contribution < 1.29 is 14.1 Å². The van der Waals surface area contributed by atoms with Gasteiger partial charge in [-0.2, -0.15) is 20.1 Å². The van der Waals surface area contributed by atoms with Gasteiger partial charge in [0.25, 0.3) is 5.69 Å².